The van der Waals surface area contributed by atoms with Crippen LogP contribution in [-0.2, 0) is 0 Å². The zero-order chi connectivity index (χ0) is 13.6. The van der Waals surface area contributed by atoms with Crippen molar-refractivity contribution >= 4 is 29.2 Å². The van der Waals surface area contributed by atoms with Crippen molar-refractivity contribution in [3.8, 4) is 10.7 Å². The molecule has 3 rings (SSSR count). The standard InChI is InChI=1S/C15H13N3S2/c1-2-6-12(7-3-1)8-4-11-20-15-16-14(17-18-15)13-9-5-10-19-13/h1-10H,11H2,(H,16,17,18)/b8-4+. The summed E-state index contributed by atoms with van der Waals surface area (Å²) in [7, 11) is 0. The zero-order valence-electron chi connectivity index (χ0n) is 10.7. The number of benzene rings is 1. The predicted molar refractivity (Wildman–Crippen MR) is 85.9 cm³/mol. The molecule has 1 N–H and O–H groups in total. The second-order valence-corrected chi connectivity index (χ2v) is 6.00. The van der Waals surface area contributed by atoms with Gasteiger partial charge in [0.25, 0.3) is 0 Å². The minimum atomic E-state index is 0.783. The van der Waals surface area contributed by atoms with Crippen LogP contribution < -0.4 is 0 Å². The molecule has 20 heavy (non-hydrogen) atoms. The summed E-state index contributed by atoms with van der Waals surface area (Å²) in [5, 5.41) is 10.0. The van der Waals surface area contributed by atoms with E-state index < -0.39 is 0 Å². The summed E-state index contributed by atoms with van der Waals surface area (Å²) in [4.78, 5) is 5.59. The first kappa shape index (κ1) is 13.1. The number of hydrogen-bond donors (Lipinski definition) is 1. The summed E-state index contributed by atoms with van der Waals surface area (Å²) in [6, 6.07) is 14.3. The van der Waals surface area contributed by atoms with Crippen molar-refractivity contribution in [1.29, 1.82) is 0 Å². The zero-order valence-corrected chi connectivity index (χ0v) is 12.3. The number of rotatable bonds is 5. The van der Waals surface area contributed by atoms with Gasteiger partial charge in [-0.2, -0.15) is 0 Å². The Balaban J connectivity index is 1.56. The number of nitrogens with zero attached hydrogens (tertiary/aromatic N) is 2. The van der Waals surface area contributed by atoms with Gasteiger partial charge in [0.05, 0.1) is 4.88 Å². The molecule has 5 heteroatoms. The Bertz CT molecular complexity index is 672. The topological polar surface area (TPSA) is 41.6 Å². The van der Waals surface area contributed by atoms with Crippen molar-refractivity contribution in [1.82, 2.24) is 15.2 Å². The highest BCUT2D eigenvalue weighted by Gasteiger charge is 2.05. The predicted octanol–water partition coefficient (Wildman–Crippen LogP) is 4.34. The van der Waals surface area contributed by atoms with E-state index in [-0.39, 0.29) is 0 Å². The molecule has 0 unspecified atom stereocenters. The average molecular weight is 299 g/mol. The molecular weight excluding hydrogens is 286 g/mol. The van der Waals surface area contributed by atoms with E-state index in [2.05, 4.69) is 39.5 Å². The van der Waals surface area contributed by atoms with E-state index in [4.69, 9.17) is 0 Å². The molecule has 1 aromatic carbocycles. The van der Waals surface area contributed by atoms with Gasteiger partial charge in [-0.3, -0.25) is 5.10 Å². The number of nitrogens with one attached hydrogen (secondary N) is 1. The van der Waals surface area contributed by atoms with Gasteiger partial charge in [-0.05, 0) is 17.0 Å². The lowest BCUT2D eigenvalue weighted by Crippen LogP contribution is -1.77. The molecular formula is C15H13N3S2. The van der Waals surface area contributed by atoms with Gasteiger partial charge in [-0.1, -0.05) is 60.3 Å². The molecule has 0 saturated heterocycles. The maximum atomic E-state index is 4.47. The molecule has 0 amide bonds. The van der Waals surface area contributed by atoms with Gasteiger partial charge >= 0.3 is 0 Å². The summed E-state index contributed by atoms with van der Waals surface area (Å²) in [6.45, 7) is 0. The third kappa shape index (κ3) is 3.37. The summed E-state index contributed by atoms with van der Waals surface area (Å²) in [6.07, 6.45) is 4.24. The van der Waals surface area contributed by atoms with Crippen LogP contribution >= 0.6 is 23.1 Å². The van der Waals surface area contributed by atoms with Crippen molar-refractivity contribution < 1.29 is 0 Å². The summed E-state index contributed by atoms with van der Waals surface area (Å²) >= 11 is 3.28. The van der Waals surface area contributed by atoms with Crippen LogP contribution in [0.15, 0.2) is 59.1 Å². The van der Waals surface area contributed by atoms with Crippen LogP contribution in [0.1, 0.15) is 5.56 Å². The first-order valence-corrected chi connectivity index (χ1v) is 8.09. The molecule has 2 heterocycles. The SMILES string of the molecule is C(=C\c1ccccc1)/CSc1n[nH]c(-c2cccs2)n1. The highest BCUT2D eigenvalue weighted by atomic mass is 32.2. The number of thiophene rings is 1. The normalized spacial score (nSPS) is 11.2. The Hall–Kier alpha value is -1.85. The summed E-state index contributed by atoms with van der Waals surface area (Å²) < 4.78 is 0. The molecule has 3 aromatic rings. The maximum absolute atomic E-state index is 4.47. The van der Waals surface area contributed by atoms with Crippen LogP contribution in [0.4, 0.5) is 0 Å². The number of hydrogen-bond acceptors (Lipinski definition) is 4. The minimum Gasteiger partial charge on any atom is -0.257 e. The van der Waals surface area contributed by atoms with E-state index in [0.29, 0.717) is 0 Å². The Morgan fingerprint density at radius 2 is 2.05 bits per heavy atom. The van der Waals surface area contributed by atoms with E-state index in [0.717, 1.165) is 21.6 Å². The first-order chi connectivity index (χ1) is 9.92. The van der Waals surface area contributed by atoms with Gasteiger partial charge in [0.1, 0.15) is 0 Å². The molecule has 0 atom stereocenters. The van der Waals surface area contributed by atoms with E-state index >= 15 is 0 Å². The van der Waals surface area contributed by atoms with Crippen molar-refractivity contribution in [3.63, 3.8) is 0 Å². The highest BCUT2D eigenvalue weighted by molar-refractivity contribution is 7.99. The van der Waals surface area contributed by atoms with Crippen molar-refractivity contribution in [3.05, 3.63) is 59.5 Å². The molecule has 0 saturated carbocycles. The van der Waals surface area contributed by atoms with Crippen molar-refractivity contribution in [2.45, 2.75) is 5.16 Å². The van der Waals surface area contributed by atoms with Crippen LogP contribution in [0, 0.1) is 0 Å². The van der Waals surface area contributed by atoms with E-state index in [9.17, 15) is 0 Å². The Labute approximate surface area is 125 Å². The van der Waals surface area contributed by atoms with Gasteiger partial charge in [-0.25, -0.2) is 4.98 Å². The molecule has 3 nitrogen and oxygen atoms in total. The average Bonchev–Trinajstić information content (AvgIpc) is 3.15. The van der Waals surface area contributed by atoms with E-state index in [1.165, 1.54) is 5.56 Å². The number of aromatic amines is 1. The fourth-order valence-corrected chi connectivity index (χ4v) is 2.98. The maximum Gasteiger partial charge on any atom is 0.209 e. The summed E-state index contributed by atoms with van der Waals surface area (Å²) in [5.41, 5.74) is 1.21. The van der Waals surface area contributed by atoms with Gasteiger partial charge in [0.2, 0.25) is 5.16 Å². The number of H-pyrrole nitrogens is 1. The molecule has 100 valence electrons. The molecule has 0 radical (unpaired) electrons. The van der Waals surface area contributed by atoms with Crippen molar-refractivity contribution in [2.24, 2.45) is 0 Å². The monoisotopic (exact) mass is 299 g/mol. The third-order valence-electron chi connectivity index (χ3n) is 2.64. The smallest absolute Gasteiger partial charge is 0.209 e. The molecule has 0 aliphatic heterocycles. The largest absolute Gasteiger partial charge is 0.257 e. The fraction of sp³-hybridized carbons (Fsp3) is 0.0667. The minimum absolute atomic E-state index is 0.783. The van der Waals surface area contributed by atoms with Crippen molar-refractivity contribution in [2.75, 3.05) is 5.75 Å². The second-order valence-electron chi connectivity index (χ2n) is 4.07. The number of thioether (sulfide) groups is 1. The van der Waals surface area contributed by atoms with Crippen LogP contribution in [-0.4, -0.2) is 20.9 Å². The van der Waals surface area contributed by atoms with Gasteiger partial charge in [0, 0.05) is 5.75 Å². The van der Waals surface area contributed by atoms with Gasteiger partial charge < -0.3 is 0 Å². The Morgan fingerprint density at radius 3 is 2.85 bits per heavy atom. The Morgan fingerprint density at radius 1 is 1.15 bits per heavy atom. The van der Waals surface area contributed by atoms with Crippen LogP contribution in [0.25, 0.3) is 16.8 Å². The Kier molecular flexibility index (Phi) is 4.30. The molecule has 0 aliphatic carbocycles. The lowest BCUT2D eigenvalue weighted by Gasteiger charge is -1.91. The van der Waals surface area contributed by atoms with E-state index in [1.54, 1.807) is 23.1 Å². The first-order valence-electron chi connectivity index (χ1n) is 6.22. The molecule has 0 fully saturated rings. The lowest BCUT2D eigenvalue weighted by molar-refractivity contribution is 0.975. The van der Waals surface area contributed by atoms with Crippen LogP contribution in [0.5, 0.6) is 0 Å². The molecule has 0 bridgehead atoms. The molecule has 2 aromatic heterocycles. The highest BCUT2D eigenvalue weighted by Crippen LogP contribution is 2.23. The summed E-state index contributed by atoms with van der Waals surface area (Å²) in [5.74, 6) is 1.70. The molecule has 0 aliphatic rings. The van der Waals surface area contributed by atoms with Crippen LogP contribution in [0.2, 0.25) is 0 Å². The third-order valence-corrected chi connectivity index (χ3v) is 4.31. The van der Waals surface area contributed by atoms with Gasteiger partial charge in [0.15, 0.2) is 5.82 Å². The molecule has 0 spiro atoms. The number of aromatic nitrogens is 3. The quantitative estimate of drug-likeness (QED) is 0.713. The second kappa shape index (κ2) is 6.54. The fourth-order valence-electron chi connectivity index (χ4n) is 1.71. The van der Waals surface area contributed by atoms with E-state index in [1.807, 2.05) is 35.7 Å². The van der Waals surface area contributed by atoms with Gasteiger partial charge in [-0.15, -0.1) is 16.4 Å². The van der Waals surface area contributed by atoms with Crippen LogP contribution in [0.3, 0.4) is 0 Å². The lowest BCUT2D eigenvalue weighted by atomic mass is 10.2.